The molecule has 0 fully saturated rings. The Morgan fingerprint density at radius 3 is 2.64 bits per heavy atom. The molecule has 4 aromatic rings. The van der Waals surface area contributed by atoms with Crippen molar-refractivity contribution in [2.45, 2.75) is 43.8 Å². The highest BCUT2D eigenvalue weighted by Crippen LogP contribution is 2.54. The van der Waals surface area contributed by atoms with Gasteiger partial charge in [-0.15, -0.1) is 16.6 Å². The van der Waals surface area contributed by atoms with Gasteiger partial charge in [0.1, 0.15) is 4.75 Å². The summed E-state index contributed by atoms with van der Waals surface area (Å²) in [5, 5.41) is 16.2. The van der Waals surface area contributed by atoms with Gasteiger partial charge in [-0.1, -0.05) is 32.4 Å². The normalized spacial score (nSPS) is 19.1. The molecule has 9 nitrogen and oxygen atoms in total. The Bertz CT molecular complexity index is 1370. The summed E-state index contributed by atoms with van der Waals surface area (Å²) in [6.45, 7) is 6.36. The quantitative estimate of drug-likeness (QED) is 0.461. The molecule has 11 heteroatoms. The van der Waals surface area contributed by atoms with Crippen molar-refractivity contribution in [3.05, 3.63) is 58.9 Å². The van der Waals surface area contributed by atoms with Crippen LogP contribution in [0.15, 0.2) is 36.9 Å². The minimum atomic E-state index is -0.826. The fraction of sp³-hybridized carbons (Fsp3) is 0.364. The third kappa shape index (κ3) is 3.39. The van der Waals surface area contributed by atoms with Crippen LogP contribution in [0.3, 0.4) is 0 Å². The smallest absolute Gasteiger partial charge is 0.245 e. The van der Waals surface area contributed by atoms with Crippen LogP contribution >= 0.6 is 23.4 Å². The number of halogens is 1. The maximum Gasteiger partial charge on any atom is 0.245 e. The molecule has 1 N–H and O–H groups in total. The highest BCUT2D eigenvalue weighted by Gasteiger charge is 2.54. The van der Waals surface area contributed by atoms with E-state index < -0.39 is 4.75 Å². The summed E-state index contributed by atoms with van der Waals surface area (Å²) < 4.78 is 1.08. The molecule has 1 aliphatic rings. The predicted molar refractivity (Wildman–Crippen MR) is 128 cm³/mol. The number of nitrogens with zero attached hydrogens (tertiary/aromatic N) is 7. The lowest BCUT2D eigenvalue weighted by atomic mass is 9.88. The molecule has 4 aromatic heterocycles. The van der Waals surface area contributed by atoms with Crippen molar-refractivity contribution >= 4 is 40.6 Å². The van der Waals surface area contributed by atoms with Gasteiger partial charge in [0.25, 0.3) is 0 Å². The minimum absolute atomic E-state index is 0.145. The van der Waals surface area contributed by atoms with E-state index in [4.69, 9.17) is 16.7 Å². The number of rotatable bonds is 5. The number of fused-ring (bicyclic) bond motifs is 3. The first kappa shape index (κ1) is 21.8. The Morgan fingerprint density at radius 2 is 1.97 bits per heavy atom. The van der Waals surface area contributed by atoms with Gasteiger partial charge in [-0.25, -0.2) is 14.5 Å². The highest BCUT2D eigenvalue weighted by molar-refractivity contribution is 8.00. The molecule has 1 amide bonds. The van der Waals surface area contributed by atoms with Crippen LogP contribution in [0.2, 0.25) is 5.02 Å². The summed E-state index contributed by atoms with van der Waals surface area (Å²) in [7, 11) is 0. The zero-order valence-corrected chi connectivity index (χ0v) is 20.3. The topological polar surface area (TPSA) is 103 Å². The Kier molecular flexibility index (Phi) is 5.17. The maximum atomic E-state index is 13.8. The molecule has 170 valence electrons. The zero-order valence-electron chi connectivity index (χ0n) is 18.7. The molecule has 4 heterocycles. The molecule has 33 heavy (non-hydrogen) atoms. The summed E-state index contributed by atoms with van der Waals surface area (Å²) in [5.74, 6) is 0.247. The van der Waals surface area contributed by atoms with Gasteiger partial charge in [-0.05, 0) is 25.2 Å². The maximum absolute atomic E-state index is 13.8. The first-order valence-corrected chi connectivity index (χ1v) is 12.2. The fourth-order valence-corrected chi connectivity index (χ4v) is 5.94. The first-order valence-electron chi connectivity index (χ1n) is 10.6. The SMILES string of the molecule is CCc1cc2ncc3c(n2n1)C(C)(C)CC3(SC)C(=O)Nc1cnc(-n2nccn2)c(Cl)c1. The number of aryl methyl sites for hydroxylation is 1. The van der Waals surface area contributed by atoms with Gasteiger partial charge in [0.15, 0.2) is 11.5 Å². The molecule has 1 aliphatic carbocycles. The number of pyridine rings is 1. The van der Waals surface area contributed by atoms with Crippen LogP contribution in [0.5, 0.6) is 0 Å². The molecule has 1 atom stereocenters. The molecular weight excluding hydrogens is 460 g/mol. The van der Waals surface area contributed by atoms with E-state index in [0.717, 1.165) is 29.0 Å². The van der Waals surface area contributed by atoms with Gasteiger partial charge in [0, 0.05) is 23.2 Å². The van der Waals surface area contributed by atoms with E-state index in [0.29, 0.717) is 22.9 Å². The van der Waals surface area contributed by atoms with Crippen molar-refractivity contribution in [3.8, 4) is 5.82 Å². The van der Waals surface area contributed by atoms with Crippen molar-refractivity contribution in [1.82, 2.24) is 34.6 Å². The van der Waals surface area contributed by atoms with Crippen molar-refractivity contribution in [1.29, 1.82) is 0 Å². The lowest BCUT2D eigenvalue weighted by Crippen LogP contribution is -2.37. The molecule has 0 bridgehead atoms. The van der Waals surface area contributed by atoms with E-state index in [9.17, 15) is 4.79 Å². The minimum Gasteiger partial charge on any atom is -0.323 e. The van der Waals surface area contributed by atoms with Crippen LogP contribution in [0.25, 0.3) is 11.5 Å². The van der Waals surface area contributed by atoms with Gasteiger partial charge in [-0.2, -0.15) is 15.3 Å². The average Bonchev–Trinajstić information content (AvgIpc) is 3.50. The van der Waals surface area contributed by atoms with Gasteiger partial charge in [-0.3, -0.25) is 4.79 Å². The first-order chi connectivity index (χ1) is 15.8. The molecular formula is C22H23ClN8OS. The number of aromatic nitrogens is 7. The lowest BCUT2D eigenvalue weighted by Gasteiger charge is -2.28. The molecule has 0 saturated carbocycles. The summed E-state index contributed by atoms with van der Waals surface area (Å²) in [6, 6.07) is 3.65. The van der Waals surface area contributed by atoms with E-state index in [2.05, 4.69) is 46.3 Å². The average molecular weight is 483 g/mol. The van der Waals surface area contributed by atoms with E-state index in [1.54, 1.807) is 24.7 Å². The van der Waals surface area contributed by atoms with Crippen LogP contribution < -0.4 is 5.32 Å². The van der Waals surface area contributed by atoms with Gasteiger partial charge < -0.3 is 5.32 Å². The summed E-state index contributed by atoms with van der Waals surface area (Å²) in [4.78, 5) is 24.0. The summed E-state index contributed by atoms with van der Waals surface area (Å²) >= 11 is 7.91. The molecule has 0 spiro atoms. The molecule has 0 aromatic carbocycles. The third-order valence-electron chi connectivity index (χ3n) is 6.07. The van der Waals surface area contributed by atoms with E-state index in [-0.39, 0.29) is 11.3 Å². The number of anilines is 1. The van der Waals surface area contributed by atoms with Crippen LogP contribution in [0.4, 0.5) is 5.69 Å². The van der Waals surface area contributed by atoms with Crippen LogP contribution in [-0.2, 0) is 21.4 Å². The van der Waals surface area contributed by atoms with Crippen LogP contribution in [0, 0.1) is 0 Å². The van der Waals surface area contributed by atoms with E-state index in [1.165, 1.54) is 16.6 Å². The number of thioether (sulfide) groups is 1. The second-order valence-electron chi connectivity index (χ2n) is 8.67. The number of carbonyl (C=O) groups excluding carboxylic acids is 1. The second kappa shape index (κ2) is 7.81. The zero-order chi connectivity index (χ0) is 23.4. The number of amides is 1. The van der Waals surface area contributed by atoms with Crippen LogP contribution in [0.1, 0.15) is 44.1 Å². The molecule has 0 radical (unpaired) electrons. The Balaban J connectivity index is 1.54. The van der Waals surface area contributed by atoms with Gasteiger partial charge in [0.2, 0.25) is 5.91 Å². The van der Waals surface area contributed by atoms with Crippen molar-refractivity contribution in [2.24, 2.45) is 0 Å². The lowest BCUT2D eigenvalue weighted by molar-refractivity contribution is -0.118. The Hall–Kier alpha value is -2.98. The number of nitrogens with one attached hydrogen (secondary N) is 1. The third-order valence-corrected chi connectivity index (χ3v) is 7.59. The number of hydrogen-bond donors (Lipinski definition) is 1. The fourth-order valence-electron chi connectivity index (χ4n) is 4.58. The van der Waals surface area contributed by atoms with Gasteiger partial charge in [0.05, 0.1) is 40.7 Å². The molecule has 5 rings (SSSR count). The molecule has 1 unspecified atom stereocenters. The van der Waals surface area contributed by atoms with Crippen molar-refractivity contribution in [3.63, 3.8) is 0 Å². The summed E-state index contributed by atoms with van der Waals surface area (Å²) in [5.41, 5.74) is 3.90. The van der Waals surface area contributed by atoms with Gasteiger partial charge >= 0.3 is 0 Å². The Labute approximate surface area is 200 Å². The highest BCUT2D eigenvalue weighted by atomic mass is 35.5. The predicted octanol–water partition coefficient (Wildman–Crippen LogP) is 3.80. The van der Waals surface area contributed by atoms with E-state index in [1.807, 2.05) is 23.0 Å². The number of carbonyl (C=O) groups is 1. The Morgan fingerprint density at radius 1 is 1.21 bits per heavy atom. The standard InChI is InChI=1S/C22H23ClN8OS/c1-5-13-9-17-24-11-15-18(30(17)29-13)21(2,3)12-22(15,33-4)20(32)28-14-8-16(23)19(25-10-14)31-26-6-7-27-31/h6-11H,5,12H2,1-4H3,(H,28,32). The second-order valence-corrected chi connectivity index (χ2v) is 10.2. The monoisotopic (exact) mass is 482 g/mol. The van der Waals surface area contributed by atoms with E-state index >= 15 is 0 Å². The largest absolute Gasteiger partial charge is 0.323 e. The van der Waals surface area contributed by atoms with Crippen molar-refractivity contribution < 1.29 is 4.79 Å². The van der Waals surface area contributed by atoms with Crippen molar-refractivity contribution in [2.75, 3.05) is 11.6 Å². The number of hydrogen-bond acceptors (Lipinski definition) is 7. The molecule has 0 saturated heterocycles. The van der Waals surface area contributed by atoms with Crippen LogP contribution in [-0.4, -0.2) is 46.7 Å². The summed E-state index contributed by atoms with van der Waals surface area (Å²) in [6.07, 6.45) is 9.86. The molecule has 0 aliphatic heterocycles.